The van der Waals surface area contributed by atoms with Crippen LogP contribution in [0.15, 0.2) is 0 Å². The monoisotopic (exact) mass is 1140 g/mol. The van der Waals surface area contributed by atoms with Crippen molar-refractivity contribution in [3.63, 3.8) is 0 Å². The quantitative estimate of drug-likeness (QED) is 0.122. The molecule has 4 heteroatoms. The largest absolute Gasteiger partial charge is 0.378 e. The van der Waals surface area contributed by atoms with Crippen LogP contribution < -0.4 is 0 Å². The molecule has 6 fully saturated rings. The van der Waals surface area contributed by atoms with Gasteiger partial charge in [-0.25, -0.2) is 0 Å². The predicted molar refractivity (Wildman–Crippen MR) is 364 cm³/mol. The molecule has 0 bridgehead atoms. The van der Waals surface area contributed by atoms with Crippen LogP contribution in [0, 0.1) is 112 Å². The van der Waals surface area contributed by atoms with E-state index >= 15 is 0 Å². The summed E-state index contributed by atoms with van der Waals surface area (Å²) >= 11 is 0. The molecule has 0 radical (unpaired) electrons. The summed E-state index contributed by atoms with van der Waals surface area (Å²) in [5.74, 6) is 16.6. The summed E-state index contributed by atoms with van der Waals surface area (Å²) < 4.78 is 23.4. The summed E-state index contributed by atoms with van der Waals surface area (Å²) in [6.45, 7) is 70.1. The minimum absolute atomic E-state index is 0.0541. The summed E-state index contributed by atoms with van der Waals surface area (Å²) in [6.07, 6.45) is 29.3. The lowest BCUT2D eigenvalue weighted by atomic mass is 9.69. The molecule has 0 amide bonds. The Hall–Kier alpha value is -0.160. The molecule has 3 aliphatic carbocycles. The minimum atomic E-state index is 0.0541. The molecule has 6 rings (SSSR count). The topological polar surface area (TPSA) is 36.9 Å². The molecule has 0 spiro atoms. The number of fused-ring (bicyclic) bond motifs is 1. The molecule has 0 N–H and O–H groups in total. The Morgan fingerprint density at radius 3 is 0.912 bits per heavy atom. The second-order valence-electron chi connectivity index (χ2n) is 29.3. The molecule has 0 aromatic rings. The molecular weight excluding hydrogens is 977 g/mol. The molecule has 6 unspecified atom stereocenters. The fourth-order valence-electron chi connectivity index (χ4n) is 13.9. The summed E-state index contributed by atoms with van der Waals surface area (Å²) in [7, 11) is 0. The van der Waals surface area contributed by atoms with Crippen molar-refractivity contribution in [2.24, 2.45) is 112 Å². The van der Waals surface area contributed by atoms with Crippen molar-refractivity contribution in [1.29, 1.82) is 0 Å². The van der Waals surface area contributed by atoms with Gasteiger partial charge in [0.25, 0.3) is 0 Å². The highest BCUT2D eigenvalue weighted by molar-refractivity contribution is 4.94. The molecule has 4 nitrogen and oxygen atoms in total. The molecular formula is C76H160O4. The molecule has 3 saturated heterocycles. The van der Waals surface area contributed by atoms with Gasteiger partial charge in [-0.1, -0.05) is 233 Å². The fraction of sp³-hybridized carbons (Fsp3) is 1.00. The highest BCUT2D eigenvalue weighted by atomic mass is 16.7. The van der Waals surface area contributed by atoms with Crippen molar-refractivity contribution >= 4 is 0 Å². The van der Waals surface area contributed by atoms with Gasteiger partial charge in [-0.05, 0) is 203 Å². The Balaban J connectivity index is -0.000000434. The summed E-state index contributed by atoms with van der Waals surface area (Å²) in [5, 5.41) is 0. The molecule has 6 aliphatic rings. The predicted octanol–water partition coefficient (Wildman–Crippen LogP) is 25.2. The molecule has 3 saturated carbocycles. The highest BCUT2D eigenvalue weighted by Crippen LogP contribution is 2.47. The minimum Gasteiger partial charge on any atom is -0.378 e. The van der Waals surface area contributed by atoms with Gasteiger partial charge in [-0.3, -0.25) is 0 Å². The van der Waals surface area contributed by atoms with Gasteiger partial charge in [0.05, 0.1) is 32.0 Å². The SMILES string of the molecule is CC.CC.CC.CC.CC.CC(C)CC1CC(CC(C)C)C1.CC(C)CC1CCC(CC(C)C)CC1.CC(C)CC1CCC(CC(C)C)OC1.CC(C)CC1COC(CC(C)C)OC1.CC(C)CC1COC2C(CC(C)C)CCC12. The van der Waals surface area contributed by atoms with E-state index in [1.54, 1.807) is 0 Å². The molecule has 488 valence electrons. The Morgan fingerprint density at radius 1 is 0.250 bits per heavy atom. The number of hydrogen-bond donors (Lipinski definition) is 0. The van der Waals surface area contributed by atoms with Crippen LogP contribution in [0.1, 0.15) is 336 Å². The first-order valence-electron chi connectivity index (χ1n) is 36.3. The first-order valence-corrected chi connectivity index (χ1v) is 36.3. The van der Waals surface area contributed by atoms with Crippen molar-refractivity contribution in [2.45, 2.75) is 355 Å². The van der Waals surface area contributed by atoms with E-state index in [0.717, 1.165) is 133 Å². The van der Waals surface area contributed by atoms with E-state index < -0.39 is 0 Å². The summed E-state index contributed by atoms with van der Waals surface area (Å²) in [4.78, 5) is 0. The van der Waals surface area contributed by atoms with Gasteiger partial charge in [-0.15, -0.1) is 0 Å². The lowest BCUT2D eigenvalue weighted by molar-refractivity contribution is -0.208. The Kier molecular flexibility index (Phi) is 58.5. The smallest absolute Gasteiger partial charge is 0.157 e. The van der Waals surface area contributed by atoms with Crippen LogP contribution in [0.2, 0.25) is 0 Å². The van der Waals surface area contributed by atoms with E-state index in [1.165, 1.54) is 122 Å². The molecule has 0 aromatic carbocycles. The van der Waals surface area contributed by atoms with Crippen LogP contribution in [0.3, 0.4) is 0 Å². The zero-order valence-corrected chi connectivity index (χ0v) is 61.3. The van der Waals surface area contributed by atoms with E-state index in [0.29, 0.717) is 24.0 Å². The van der Waals surface area contributed by atoms with Crippen molar-refractivity contribution in [1.82, 2.24) is 0 Å². The first-order chi connectivity index (χ1) is 37.9. The molecule has 6 atom stereocenters. The Bertz CT molecular complexity index is 1030. The third-order valence-electron chi connectivity index (χ3n) is 16.4. The van der Waals surface area contributed by atoms with Crippen LogP contribution in [-0.4, -0.2) is 44.9 Å². The molecule has 3 aliphatic heterocycles. The maximum atomic E-state index is 6.10. The lowest BCUT2D eigenvalue weighted by Crippen LogP contribution is -2.33. The number of ether oxygens (including phenoxy) is 4. The van der Waals surface area contributed by atoms with Crippen LogP contribution in [0.4, 0.5) is 0 Å². The molecule has 3 heterocycles. The number of hydrogen-bond acceptors (Lipinski definition) is 4. The van der Waals surface area contributed by atoms with Gasteiger partial charge in [0, 0.05) is 18.9 Å². The van der Waals surface area contributed by atoms with Crippen molar-refractivity contribution in [2.75, 3.05) is 26.4 Å². The Labute approximate surface area is 510 Å². The van der Waals surface area contributed by atoms with E-state index in [1.807, 2.05) is 69.2 Å². The Morgan fingerprint density at radius 2 is 0.562 bits per heavy atom. The van der Waals surface area contributed by atoms with Crippen molar-refractivity contribution in [3.05, 3.63) is 0 Å². The second-order valence-corrected chi connectivity index (χ2v) is 29.3. The van der Waals surface area contributed by atoms with E-state index in [-0.39, 0.29) is 6.29 Å². The zero-order chi connectivity index (χ0) is 62.5. The summed E-state index contributed by atoms with van der Waals surface area (Å²) in [6, 6.07) is 0. The van der Waals surface area contributed by atoms with E-state index in [9.17, 15) is 0 Å². The van der Waals surface area contributed by atoms with E-state index in [4.69, 9.17) is 18.9 Å². The number of rotatable bonds is 20. The van der Waals surface area contributed by atoms with Gasteiger partial charge in [-0.2, -0.15) is 0 Å². The summed E-state index contributed by atoms with van der Waals surface area (Å²) in [5.41, 5.74) is 0. The molecule has 0 aromatic heterocycles. The van der Waals surface area contributed by atoms with Crippen LogP contribution >= 0.6 is 0 Å². The highest BCUT2D eigenvalue weighted by Gasteiger charge is 2.45. The normalized spacial score (nSPS) is 27.6. The zero-order valence-electron chi connectivity index (χ0n) is 61.3. The van der Waals surface area contributed by atoms with Crippen LogP contribution in [-0.2, 0) is 18.9 Å². The van der Waals surface area contributed by atoms with Gasteiger partial charge in [0.2, 0.25) is 0 Å². The maximum Gasteiger partial charge on any atom is 0.157 e. The van der Waals surface area contributed by atoms with Gasteiger partial charge >= 0.3 is 0 Å². The van der Waals surface area contributed by atoms with Gasteiger partial charge in [0.15, 0.2) is 6.29 Å². The van der Waals surface area contributed by atoms with Crippen molar-refractivity contribution < 1.29 is 18.9 Å². The molecule has 80 heavy (non-hydrogen) atoms. The van der Waals surface area contributed by atoms with Crippen LogP contribution in [0.5, 0.6) is 0 Å². The fourth-order valence-corrected chi connectivity index (χ4v) is 13.9. The third kappa shape index (κ3) is 46.1. The van der Waals surface area contributed by atoms with Crippen molar-refractivity contribution in [3.8, 4) is 0 Å². The standard InChI is InChI=1S/C15H28O.C14H28.C13H26O.C12H24O2.C12H24.5C2H6/c1-10(2)7-12-5-6-14-13(8-11(3)4)9-16-15(12)14;1-11(2)9-13-5-7-14(8-6-13)10-12(3)4;1-10(2)7-12-5-6-13(14-9-12)8-11(3)4;1-9(2)5-11-7-13-12(14-8-11)6-10(3)4;1-9(2)5-11-7-12(8-11)6-10(3)4;5*1-2/h10-15H,5-9H2,1-4H3;11-14H,5-10H2,1-4H3;10-13H,5-9H2,1-4H3;9-12H,5-8H2,1-4H3;9-12H,5-8H2,1-4H3;5*1-2H3. The van der Waals surface area contributed by atoms with Gasteiger partial charge < -0.3 is 18.9 Å². The van der Waals surface area contributed by atoms with Gasteiger partial charge in [0.1, 0.15) is 0 Å². The lowest BCUT2D eigenvalue weighted by Gasteiger charge is -2.37. The van der Waals surface area contributed by atoms with E-state index in [2.05, 4.69) is 138 Å². The average molecular weight is 1140 g/mol. The first kappa shape index (κ1) is 86.3. The average Bonchev–Trinajstić information content (AvgIpc) is 3.97. The second kappa shape index (κ2) is 54.2. The third-order valence-corrected chi connectivity index (χ3v) is 16.4. The van der Waals surface area contributed by atoms with Crippen LogP contribution in [0.25, 0.3) is 0 Å². The maximum absolute atomic E-state index is 6.10.